The van der Waals surface area contributed by atoms with Gasteiger partial charge in [-0.05, 0) is 36.8 Å². The van der Waals surface area contributed by atoms with E-state index in [1.165, 1.54) is 0 Å². The molecule has 0 radical (unpaired) electrons. The number of benzene rings is 2. The Morgan fingerprint density at radius 3 is 2.47 bits per heavy atom. The van der Waals surface area contributed by atoms with Gasteiger partial charge in [-0.15, -0.1) is 24.8 Å². The van der Waals surface area contributed by atoms with Gasteiger partial charge in [-0.3, -0.25) is 4.79 Å². The lowest BCUT2D eigenvalue weighted by molar-refractivity contribution is 0.0793. The summed E-state index contributed by atoms with van der Waals surface area (Å²) in [4.78, 5) is 19.8. The molecule has 0 bridgehead atoms. The first-order valence-corrected chi connectivity index (χ1v) is 9.27. The maximum absolute atomic E-state index is 13.2. The molecule has 2 aromatic carbocycles. The van der Waals surface area contributed by atoms with E-state index >= 15 is 0 Å². The van der Waals surface area contributed by atoms with E-state index in [9.17, 15) is 4.79 Å². The third-order valence-corrected chi connectivity index (χ3v) is 5.14. The summed E-state index contributed by atoms with van der Waals surface area (Å²) in [5.41, 5.74) is 9.00. The molecule has 6 nitrogen and oxygen atoms in total. The van der Waals surface area contributed by atoms with Crippen molar-refractivity contribution in [2.24, 2.45) is 5.73 Å². The summed E-state index contributed by atoms with van der Waals surface area (Å²) < 4.78 is 10.7. The van der Waals surface area contributed by atoms with E-state index in [-0.39, 0.29) is 36.8 Å². The molecular weight excluding hydrogens is 425 g/mol. The third-order valence-electron chi connectivity index (χ3n) is 5.14. The highest BCUT2D eigenvalue weighted by Gasteiger charge is 2.26. The van der Waals surface area contributed by atoms with Gasteiger partial charge < -0.3 is 20.1 Å². The van der Waals surface area contributed by atoms with Crippen LogP contribution in [0.25, 0.3) is 22.2 Å². The van der Waals surface area contributed by atoms with Crippen LogP contribution in [-0.4, -0.2) is 49.1 Å². The van der Waals surface area contributed by atoms with Gasteiger partial charge in [0, 0.05) is 30.1 Å². The monoisotopic (exact) mass is 449 g/mol. The molecule has 1 amide bonds. The first-order valence-electron chi connectivity index (χ1n) is 9.27. The highest BCUT2D eigenvalue weighted by atomic mass is 35.5. The van der Waals surface area contributed by atoms with Crippen LogP contribution < -0.4 is 15.2 Å². The molecule has 3 aromatic rings. The first kappa shape index (κ1) is 23.7. The van der Waals surface area contributed by atoms with Crippen molar-refractivity contribution in [3.63, 3.8) is 0 Å². The average molecular weight is 450 g/mol. The maximum Gasteiger partial charge on any atom is 0.254 e. The molecule has 2 heterocycles. The van der Waals surface area contributed by atoms with Gasteiger partial charge in [0.15, 0.2) is 11.5 Å². The molecule has 0 unspecified atom stereocenters. The highest BCUT2D eigenvalue weighted by molar-refractivity contribution is 6.07. The number of rotatable bonds is 4. The Balaban J connectivity index is 0.00000160. The maximum atomic E-state index is 13.2. The number of carbonyl (C=O) groups is 1. The van der Waals surface area contributed by atoms with Crippen molar-refractivity contribution >= 4 is 41.6 Å². The Morgan fingerprint density at radius 2 is 1.80 bits per heavy atom. The number of nitrogens with two attached hydrogens (primary N) is 1. The predicted octanol–water partition coefficient (Wildman–Crippen LogP) is 3.94. The summed E-state index contributed by atoms with van der Waals surface area (Å²) in [6.45, 7) is 1.27. The number of amides is 1. The lowest BCUT2D eigenvalue weighted by Crippen LogP contribution is -2.32. The first-order chi connectivity index (χ1) is 13.6. The van der Waals surface area contributed by atoms with Crippen LogP contribution in [0.2, 0.25) is 0 Å². The molecular formula is C22H25Cl2N3O3. The SMILES string of the molecule is COc1ccc(-c2cc(C(=O)N3CC[C@@H](N)C3)c3ccccc3n2)cc1OC.Cl.Cl. The molecule has 160 valence electrons. The number of fused-ring (bicyclic) bond motifs is 1. The second-order valence-electron chi connectivity index (χ2n) is 6.94. The Labute approximate surface area is 188 Å². The molecule has 1 fully saturated rings. The van der Waals surface area contributed by atoms with E-state index in [2.05, 4.69) is 0 Å². The minimum atomic E-state index is -0.00623. The van der Waals surface area contributed by atoms with Crippen LogP contribution in [0.1, 0.15) is 16.8 Å². The van der Waals surface area contributed by atoms with Gasteiger partial charge in [0.05, 0.1) is 31.0 Å². The number of nitrogens with zero attached hydrogens (tertiary/aromatic N) is 2. The number of hydrogen-bond acceptors (Lipinski definition) is 5. The van der Waals surface area contributed by atoms with Crippen LogP contribution in [0.15, 0.2) is 48.5 Å². The zero-order chi connectivity index (χ0) is 19.7. The van der Waals surface area contributed by atoms with Gasteiger partial charge in [0.2, 0.25) is 0 Å². The van der Waals surface area contributed by atoms with Gasteiger partial charge in [-0.25, -0.2) is 4.98 Å². The normalized spacial score (nSPS) is 15.3. The third kappa shape index (κ3) is 4.46. The minimum Gasteiger partial charge on any atom is -0.493 e. The number of halogens is 2. The number of hydrogen-bond donors (Lipinski definition) is 1. The number of aromatic nitrogens is 1. The van der Waals surface area contributed by atoms with E-state index in [0.29, 0.717) is 35.8 Å². The Hall–Kier alpha value is -2.54. The van der Waals surface area contributed by atoms with Crippen LogP contribution in [0, 0.1) is 0 Å². The Kier molecular flexibility index (Phi) is 7.89. The molecule has 0 aliphatic carbocycles. The number of pyridine rings is 1. The summed E-state index contributed by atoms with van der Waals surface area (Å²) in [5.74, 6) is 1.26. The van der Waals surface area contributed by atoms with Gasteiger partial charge in [0.1, 0.15) is 0 Å². The van der Waals surface area contributed by atoms with Crippen molar-refractivity contribution < 1.29 is 14.3 Å². The fourth-order valence-corrected chi connectivity index (χ4v) is 3.64. The van der Waals surface area contributed by atoms with Crippen LogP contribution >= 0.6 is 24.8 Å². The van der Waals surface area contributed by atoms with Crippen molar-refractivity contribution in [2.45, 2.75) is 12.5 Å². The quantitative estimate of drug-likeness (QED) is 0.652. The average Bonchev–Trinajstić information content (AvgIpc) is 3.18. The number of ether oxygens (including phenoxy) is 2. The van der Waals surface area contributed by atoms with Crippen LogP contribution in [0.4, 0.5) is 0 Å². The Morgan fingerprint density at radius 1 is 1.07 bits per heavy atom. The number of methoxy groups -OCH3 is 2. The molecule has 0 saturated carbocycles. The molecule has 2 N–H and O–H groups in total. The standard InChI is InChI=1S/C22H23N3O3.2ClH/c1-27-20-8-7-14(11-21(20)28-2)19-12-17(16-5-3-4-6-18(16)24-19)22(26)25-10-9-15(23)13-25;;/h3-8,11-12,15H,9-10,13,23H2,1-2H3;2*1H/t15-;;/m1../s1. The zero-order valence-electron chi connectivity index (χ0n) is 16.8. The number of likely N-dealkylation sites (tertiary alicyclic amines) is 1. The van der Waals surface area contributed by atoms with Crippen LogP contribution in [0.5, 0.6) is 11.5 Å². The number of carbonyl (C=O) groups excluding carboxylic acids is 1. The molecule has 1 saturated heterocycles. The zero-order valence-corrected chi connectivity index (χ0v) is 18.5. The summed E-state index contributed by atoms with van der Waals surface area (Å²) in [6, 6.07) is 15.2. The lowest BCUT2D eigenvalue weighted by Gasteiger charge is -2.18. The van der Waals surface area contributed by atoms with Crippen molar-refractivity contribution in [1.29, 1.82) is 0 Å². The molecule has 4 rings (SSSR count). The molecule has 1 aromatic heterocycles. The number of para-hydroxylation sites is 1. The second kappa shape index (κ2) is 9.98. The fraction of sp³-hybridized carbons (Fsp3) is 0.273. The molecule has 8 heteroatoms. The van der Waals surface area contributed by atoms with Gasteiger partial charge in [-0.2, -0.15) is 0 Å². The Bertz CT molecular complexity index is 1050. The molecule has 30 heavy (non-hydrogen) atoms. The van der Waals surface area contributed by atoms with E-state index in [0.717, 1.165) is 22.9 Å². The summed E-state index contributed by atoms with van der Waals surface area (Å²) >= 11 is 0. The second-order valence-corrected chi connectivity index (χ2v) is 6.94. The molecule has 0 spiro atoms. The minimum absolute atomic E-state index is 0. The largest absolute Gasteiger partial charge is 0.493 e. The van der Waals surface area contributed by atoms with Crippen molar-refractivity contribution in [3.05, 3.63) is 54.1 Å². The van der Waals surface area contributed by atoms with E-state index in [1.807, 2.05) is 53.4 Å². The van der Waals surface area contributed by atoms with Crippen molar-refractivity contribution in [3.8, 4) is 22.8 Å². The van der Waals surface area contributed by atoms with E-state index in [1.54, 1.807) is 14.2 Å². The topological polar surface area (TPSA) is 77.7 Å². The van der Waals surface area contributed by atoms with E-state index < -0.39 is 0 Å². The molecule has 1 aliphatic heterocycles. The van der Waals surface area contributed by atoms with Crippen molar-refractivity contribution in [1.82, 2.24) is 9.88 Å². The van der Waals surface area contributed by atoms with Gasteiger partial charge in [-0.1, -0.05) is 18.2 Å². The smallest absolute Gasteiger partial charge is 0.254 e. The predicted molar refractivity (Wildman–Crippen MR) is 123 cm³/mol. The van der Waals surface area contributed by atoms with Crippen LogP contribution in [0.3, 0.4) is 0 Å². The van der Waals surface area contributed by atoms with Crippen LogP contribution in [-0.2, 0) is 0 Å². The summed E-state index contributed by atoms with van der Waals surface area (Å²) in [5, 5.41) is 0.845. The fourth-order valence-electron chi connectivity index (χ4n) is 3.64. The van der Waals surface area contributed by atoms with Crippen molar-refractivity contribution in [2.75, 3.05) is 27.3 Å². The summed E-state index contributed by atoms with van der Waals surface area (Å²) in [6.07, 6.45) is 0.831. The van der Waals surface area contributed by atoms with Gasteiger partial charge >= 0.3 is 0 Å². The van der Waals surface area contributed by atoms with E-state index in [4.69, 9.17) is 20.2 Å². The molecule has 1 atom stereocenters. The van der Waals surface area contributed by atoms with Gasteiger partial charge in [0.25, 0.3) is 5.91 Å². The highest BCUT2D eigenvalue weighted by Crippen LogP contribution is 2.33. The summed E-state index contributed by atoms with van der Waals surface area (Å²) in [7, 11) is 3.20. The molecule has 1 aliphatic rings. The lowest BCUT2D eigenvalue weighted by atomic mass is 10.0.